The third kappa shape index (κ3) is 3.92. The summed E-state index contributed by atoms with van der Waals surface area (Å²) in [4.78, 5) is 8.52. The molecule has 6 heteroatoms. The van der Waals surface area contributed by atoms with E-state index in [1.54, 1.807) is 6.07 Å². The largest absolute Gasteiger partial charge is 0.382 e. The molecule has 0 amide bonds. The molecule has 21 heavy (non-hydrogen) atoms. The van der Waals surface area contributed by atoms with E-state index in [9.17, 15) is 4.39 Å². The number of thioether (sulfide) groups is 1. The Morgan fingerprint density at radius 1 is 1.38 bits per heavy atom. The SMILES string of the molecule is CCCc1nc(SCc2cccc(F)c2)nc(N)c1C#N. The zero-order chi connectivity index (χ0) is 15.2. The van der Waals surface area contributed by atoms with Gasteiger partial charge in [0.25, 0.3) is 0 Å². The highest BCUT2D eigenvalue weighted by molar-refractivity contribution is 7.98. The Balaban J connectivity index is 2.19. The van der Waals surface area contributed by atoms with Gasteiger partial charge in [-0.05, 0) is 24.1 Å². The van der Waals surface area contributed by atoms with Crippen LogP contribution in [0.3, 0.4) is 0 Å². The van der Waals surface area contributed by atoms with Crippen molar-refractivity contribution < 1.29 is 4.39 Å². The van der Waals surface area contributed by atoms with Gasteiger partial charge >= 0.3 is 0 Å². The summed E-state index contributed by atoms with van der Waals surface area (Å²) in [5.74, 6) is 0.493. The molecule has 2 rings (SSSR count). The molecule has 0 fully saturated rings. The number of nitrogens with two attached hydrogens (primary N) is 1. The first-order valence-corrected chi connectivity index (χ1v) is 7.56. The second-order valence-corrected chi connectivity index (χ2v) is 5.44. The summed E-state index contributed by atoms with van der Waals surface area (Å²) in [7, 11) is 0. The van der Waals surface area contributed by atoms with Crippen LogP contribution in [0.2, 0.25) is 0 Å². The molecule has 0 radical (unpaired) electrons. The predicted octanol–water partition coefficient (Wildman–Crippen LogP) is 3.31. The number of anilines is 1. The summed E-state index contributed by atoms with van der Waals surface area (Å²) >= 11 is 1.38. The first-order valence-electron chi connectivity index (χ1n) is 6.57. The topological polar surface area (TPSA) is 75.6 Å². The molecule has 2 aromatic rings. The highest BCUT2D eigenvalue weighted by atomic mass is 32.2. The van der Waals surface area contributed by atoms with E-state index >= 15 is 0 Å². The highest BCUT2D eigenvalue weighted by Crippen LogP contribution is 2.23. The van der Waals surface area contributed by atoms with Gasteiger partial charge in [-0.25, -0.2) is 14.4 Å². The first kappa shape index (κ1) is 15.3. The van der Waals surface area contributed by atoms with E-state index in [0.717, 1.165) is 12.0 Å². The van der Waals surface area contributed by atoms with Crippen molar-refractivity contribution in [2.45, 2.75) is 30.7 Å². The molecular weight excluding hydrogens is 287 g/mol. The van der Waals surface area contributed by atoms with Gasteiger partial charge in [-0.1, -0.05) is 37.2 Å². The Labute approximate surface area is 127 Å². The third-order valence-electron chi connectivity index (χ3n) is 2.85. The molecule has 2 N–H and O–H groups in total. The second kappa shape index (κ2) is 7.04. The number of nitrogens with zero attached hydrogens (tertiary/aromatic N) is 3. The molecule has 0 aliphatic carbocycles. The normalized spacial score (nSPS) is 10.3. The Morgan fingerprint density at radius 2 is 2.19 bits per heavy atom. The predicted molar refractivity (Wildman–Crippen MR) is 81.1 cm³/mol. The minimum atomic E-state index is -0.264. The van der Waals surface area contributed by atoms with Crippen LogP contribution in [0.5, 0.6) is 0 Å². The number of aromatic nitrogens is 2. The number of benzene rings is 1. The van der Waals surface area contributed by atoms with Gasteiger partial charge in [0.15, 0.2) is 5.16 Å². The fourth-order valence-corrected chi connectivity index (χ4v) is 2.69. The van der Waals surface area contributed by atoms with Crippen molar-refractivity contribution in [2.24, 2.45) is 0 Å². The summed E-state index contributed by atoms with van der Waals surface area (Å²) in [5.41, 5.74) is 7.69. The fourth-order valence-electron chi connectivity index (χ4n) is 1.88. The van der Waals surface area contributed by atoms with Gasteiger partial charge in [0.05, 0.1) is 5.69 Å². The summed E-state index contributed by atoms with van der Waals surface area (Å²) in [6.45, 7) is 2.01. The van der Waals surface area contributed by atoms with Crippen molar-refractivity contribution in [3.63, 3.8) is 0 Å². The van der Waals surface area contributed by atoms with Crippen LogP contribution in [0, 0.1) is 17.1 Å². The van der Waals surface area contributed by atoms with Crippen LogP contribution in [0.1, 0.15) is 30.2 Å². The Morgan fingerprint density at radius 3 is 2.86 bits per heavy atom. The maximum Gasteiger partial charge on any atom is 0.190 e. The van der Waals surface area contributed by atoms with Gasteiger partial charge in [-0.15, -0.1) is 0 Å². The van der Waals surface area contributed by atoms with E-state index in [0.29, 0.717) is 28.6 Å². The van der Waals surface area contributed by atoms with Gasteiger partial charge in [-0.3, -0.25) is 0 Å². The van der Waals surface area contributed by atoms with Crippen LogP contribution in [0.25, 0.3) is 0 Å². The average Bonchev–Trinajstić information content (AvgIpc) is 2.45. The van der Waals surface area contributed by atoms with E-state index in [1.165, 1.54) is 23.9 Å². The molecule has 1 heterocycles. The maximum absolute atomic E-state index is 13.1. The average molecular weight is 302 g/mol. The summed E-state index contributed by atoms with van der Waals surface area (Å²) in [6, 6.07) is 8.45. The first-order chi connectivity index (χ1) is 10.1. The minimum absolute atomic E-state index is 0.206. The van der Waals surface area contributed by atoms with Crippen LogP contribution < -0.4 is 5.73 Å². The quantitative estimate of drug-likeness (QED) is 0.677. The minimum Gasteiger partial charge on any atom is -0.382 e. The van der Waals surface area contributed by atoms with E-state index < -0.39 is 0 Å². The molecule has 0 saturated carbocycles. The van der Waals surface area contributed by atoms with E-state index in [1.807, 2.05) is 19.1 Å². The molecular formula is C15H15FN4S. The van der Waals surface area contributed by atoms with Crippen molar-refractivity contribution >= 4 is 17.6 Å². The van der Waals surface area contributed by atoms with Crippen molar-refractivity contribution in [2.75, 3.05) is 5.73 Å². The molecule has 4 nitrogen and oxygen atoms in total. The molecule has 0 spiro atoms. The lowest BCUT2D eigenvalue weighted by atomic mass is 10.1. The molecule has 0 saturated heterocycles. The van der Waals surface area contributed by atoms with Crippen molar-refractivity contribution in [3.8, 4) is 6.07 Å². The van der Waals surface area contributed by atoms with Gasteiger partial charge < -0.3 is 5.73 Å². The van der Waals surface area contributed by atoms with Gasteiger partial charge in [-0.2, -0.15) is 5.26 Å². The van der Waals surface area contributed by atoms with Gasteiger partial charge in [0.1, 0.15) is 23.3 Å². The summed E-state index contributed by atoms with van der Waals surface area (Å²) in [5, 5.41) is 9.61. The number of rotatable bonds is 5. The van der Waals surface area contributed by atoms with Gasteiger partial charge in [0.2, 0.25) is 0 Å². The van der Waals surface area contributed by atoms with Crippen LogP contribution in [-0.4, -0.2) is 9.97 Å². The van der Waals surface area contributed by atoms with Crippen molar-refractivity contribution in [1.82, 2.24) is 9.97 Å². The standard InChI is InChI=1S/C15H15FN4S/c1-2-4-13-12(8-17)14(18)20-15(19-13)21-9-10-5-3-6-11(16)7-10/h3,5-7H,2,4,9H2,1H3,(H2,18,19,20). The lowest BCUT2D eigenvalue weighted by Gasteiger charge is -2.07. The second-order valence-electron chi connectivity index (χ2n) is 4.49. The fraction of sp³-hybridized carbons (Fsp3) is 0.267. The van der Waals surface area contributed by atoms with E-state index in [4.69, 9.17) is 11.0 Å². The third-order valence-corrected chi connectivity index (χ3v) is 3.77. The summed E-state index contributed by atoms with van der Waals surface area (Å²) < 4.78 is 13.1. The number of hydrogen-bond acceptors (Lipinski definition) is 5. The zero-order valence-electron chi connectivity index (χ0n) is 11.6. The van der Waals surface area contributed by atoms with E-state index in [2.05, 4.69) is 9.97 Å². The lowest BCUT2D eigenvalue weighted by molar-refractivity contribution is 0.626. The number of hydrogen-bond donors (Lipinski definition) is 1. The molecule has 0 atom stereocenters. The van der Waals surface area contributed by atoms with E-state index in [-0.39, 0.29) is 11.6 Å². The molecule has 108 valence electrons. The van der Waals surface area contributed by atoms with Crippen LogP contribution >= 0.6 is 11.8 Å². The molecule has 0 unspecified atom stereocenters. The molecule has 0 aliphatic heterocycles. The van der Waals surface area contributed by atoms with Gasteiger partial charge in [0, 0.05) is 5.75 Å². The zero-order valence-corrected chi connectivity index (χ0v) is 12.5. The Hall–Kier alpha value is -2.13. The Bertz CT molecular complexity index is 682. The molecule has 1 aromatic carbocycles. The van der Waals surface area contributed by atoms with Crippen LogP contribution in [-0.2, 0) is 12.2 Å². The monoisotopic (exact) mass is 302 g/mol. The highest BCUT2D eigenvalue weighted by Gasteiger charge is 2.12. The van der Waals surface area contributed by atoms with Crippen LogP contribution in [0.4, 0.5) is 10.2 Å². The summed E-state index contributed by atoms with van der Waals surface area (Å²) in [6.07, 6.45) is 1.56. The number of nitrogen functional groups attached to an aromatic ring is 1. The van der Waals surface area contributed by atoms with Crippen LogP contribution in [0.15, 0.2) is 29.4 Å². The number of nitriles is 1. The lowest BCUT2D eigenvalue weighted by Crippen LogP contribution is -2.05. The number of aryl methyl sites for hydroxylation is 1. The number of halogens is 1. The molecule has 0 bridgehead atoms. The molecule has 0 aliphatic rings. The smallest absolute Gasteiger partial charge is 0.190 e. The maximum atomic E-state index is 13.1. The van der Waals surface area contributed by atoms with Crippen molar-refractivity contribution in [1.29, 1.82) is 5.26 Å². The van der Waals surface area contributed by atoms with Crippen molar-refractivity contribution in [3.05, 3.63) is 46.9 Å². The Kier molecular flexibility index (Phi) is 5.12. The molecule has 1 aromatic heterocycles.